The zero-order valence-electron chi connectivity index (χ0n) is 13.8. The number of nitro groups is 1. The van der Waals surface area contributed by atoms with Crippen molar-refractivity contribution in [2.45, 2.75) is 11.8 Å². The number of benzene rings is 2. The van der Waals surface area contributed by atoms with Gasteiger partial charge in [0.15, 0.2) is 0 Å². The maximum atomic E-state index is 12.8. The monoisotopic (exact) mass is 364 g/mol. The number of methoxy groups -OCH3 is 1. The van der Waals surface area contributed by atoms with E-state index in [2.05, 4.69) is 4.74 Å². The maximum absolute atomic E-state index is 12.8. The lowest BCUT2D eigenvalue weighted by atomic mass is 10.2. The van der Waals surface area contributed by atoms with Crippen LogP contribution < -0.4 is 4.31 Å². The first kappa shape index (κ1) is 18.4. The number of nitro benzene ring substituents is 1. The lowest BCUT2D eigenvalue weighted by Crippen LogP contribution is -2.26. The third kappa shape index (κ3) is 3.61. The minimum atomic E-state index is -4.04. The van der Waals surface area contributed by atoms with Crippen LogP contribution in [-0.2, 0) is 14.8 Å². The predicted molar refractivity (Wildman–Crippen MR) is 91.2 cm³/mol. The standard InChI is InChI=1S/C16H16N2O6S/c1-11-7-8-14(10-15(11)18(20)21)25(22,23)17(2)13-6-4-5-12(9-13)16(19)24-3/h4-10H,1-3H3. The fourth-order valence-electron chi connectivity index (χ4n) is 2.19. The van der Waals surface area contributed by atoms with Crippen molar-refractivity contribution < 1.29 is 22.9 Å². The van der Waals surface area contributed by atoms with Gasteiger partial charge in [0.2, 0.25) is 0 Å². The van der Waals surface area contributed by atoms with E-state index in [1.807, 2.05) is 0 Å². The molecule has 0 aliphatic heterocycles. The second-order valence-corrected chi connectivity index (χ2v) is 7.19. The summed E-state index contributed by atoms with van der Waals surface area (Å²) in [5.74, 6) is -0.598. The lowest BCUT2D eigenvalue weighted by molar-refractivity contribution is -0.385. The van der Waals surface area contributed by atoms with Crippen molar-refractivity contribution in [3.63, 3.8) is 0 Å². The zero-order valence-corrected chi connectivity index (χ0v) is 14.6. The Morgan fingerprint density at radius 3 is 2.48 bits per heavy atom. The van der Waals surface area contributed by atoms with Gasteiger partial charge in [-0.05, 0) is 31.2 Å². The van der Waals surface area contributed by atoms with Crippen LogP contribution in [0.2, 0.25) is 0 Å². The van der Waals surface area contributed by atoms with Crippen molar-refractivity contribution in [2.75, 3.05) is 18.5 Å². The van der Waals surface area contributed by atoms with E-state index in [0.29, 0.717) is 5.56 Å². The molecule has 132 valence electrons. The number of anilines is 1. The number of hydrogen-bond donors (Lipinski definition) is 0. The highest BCUT2D eigenvalue weighted by molar-refractivity contribution is 7.92. The summed E-state index contributed by atoms with van der Waals surface area (Å²) in [6.45, 7) is 1.53. The molecule has 0 amide bonds. The molecule has 0 heterocycles. The van der Waals surface area contributed by atoms with Gasteiger partial charge in [-0.15, -0.1) is 0 Å². The molecule has 8 nitrogen and oxygen atoms in total. The summed E-state index contributed by atoms with van der Waals surface area (Å²) in [4.78, 5) is 21.8. The Balaban J connectivity index is 2.48. The van der Waals surface area contributed by atoms with E-state index >= 15 is 0 Å². The van der Waals surface area contributed by atoms with Crippen LogP contribution in [-0.4, -0.2) is 33.5 Å². The summed E-state index contributed by atoms with van der Waals surface area (Å²) in [5.41, 5.74) is 0.500. The van der Waals surface area contributed by atoms with E-state index in [-0.39, 0.29) is 21.8 Å². The summed E-state index contributed by atoms with van der Waals surface area (Å²) in [6.07, 6.45) is 0. The molecule has 0 aliphatic carbocycles. The summed E-state index contributed by atoms with van der Waals surface area (Å²) in [6, 6.07) is 9.59. The molecule has 0 radical (unpaired) electrons. The molecule has 0 N–H and O–H groups in total. The third-order valence-corrected chi connectivity index (χ3v) is 5.45. The number of sulfonamides is 1. The lowest BCUT2D eigenvalue weighted by Gasteiger charge is -2.20. The van der Waals surface area contributed by atoms with Crippen molar-refractivity contribution in [3.8, 4) is 0 Å². The molecular formula is C16H16N2O6S. The highest BCUT2D eigenvalue weighted by Crippen LogP contribution is 2.27. The normalized spacial score (nSPS) is 11.0. The van der Waals surface area contributed by atoms with E-state index in [9.17, 15) is 23.3 Å². The molecule has 25 heavy (non-hydrogen) atoms. The topological polar surface area (TPSA) is 107 Å². The van der Waals surface area contributed by atoms with Crippen molar-refractivity contribution in [2.24, 2.45) is 0 Å². The van der Waals surface area contributed by atoms with Gasteiger partial charge in [0, 0.05) is 18.7 Å². The minimum Gasteiger partial charge on any atom is -0.465 e. The van der Waals surface area contributed by atoms with E-state index in [0.717, 1.165) is 10.4 Å². The smallest absolute Gasteiger partial charge is 0.337 e. The molecule has 2 aromatic rings. The molecule has 0 bridgehead atoms. The molecule has 0 fully saturated rings. The Kier molecular flexibility index (Phi) is 5.07. The fraction of sp³-hybridized carbons (Fsp3) is 0.188. The van der Waals surface area contributed by atoms with E-state index in [4.69, 9.17) is 0 Å². The number of carbonyl (C=O) groups is 1. The van der Waals surface area contributed by atoms with Crippen molar-refractivity contribution in [3.05, 3.63) is 63.7 Å². The SMILES string of the molecule is COC(=O)c1cccc(N(C)S(=O)(=O)c2ccc(C)c([N+](=O)[O-])c2)c1. The number of ether oxygens (including phenoxy) is 1. The Hall–Kier alpha value is -2.94. The number of rotatable bonds is 5. The van der Waals surface area contributed by atoms with Crippen LogP contribution in [0, 0.1) is 17.0 Å². The Morgan fingerprint density at radius 1 is 1.20 bits per heavy atom. The number of aryl methyl sites for hydroxylation is 1. The zero-order chi connectivity index (χ0) is 18.8. The average Bonchev–Trinajstić information content (AvgIpc) is 2.60. The van der Waals surface area contributed by atoms with Crippen LogP contribution in [0.3, 0.4) is 0 Å². The van der Waals surface area contributed by atoms with Gasteiger partial charge in [-0.3, -0.25) is 14.4 Å². The van der Waals surface area contributed by atoms with Crippen LogP contribution in [0.1, 0.15) is 15.9 Å². The first-order chi connectivity index (χ1) is 11.7. The fourth-order valence-corrected chi connectivity index (χ4v) is 3.40. The molecular weight excluding hydrogens is 348 g/mol. The number of esters is 1. The molecule has 2 aromatic carbocycles. The Morgan fingerprint density at radius 2 is 1.88 bits per heavy atom. The first-order valence-electron chi connectivity index (χ1n) is 7.11. The van der Waals surface area contributed by atoms with Gasteiger partial charge in [0.1, 0.15) is 0 Å². The van der Waals surface area contributed by atoms with Gasteiger partial charge in [-0.25, -0.2) is 13.2 Å². The Labute approximate surface area is 144 Å². The summed E-state index contributed by atoms with van der Waals surface area (Å²) >= 11 is 0. The Bertz CT molecular complexity index is 939. The van der Waals surface area contributed by atoms with E-state index < -0.39 is 20.9 Å². The third-order valence-electron chi connectivity index (χ3n) is 3.67. The van der Waals surface area contributed by atoms with Crippen LogP contribution in [0.25, 0.3) is 0 Å². The van der Waals surface area contributed by atoms with Crippen LogP contribution in [0.4, 0.5) is 11.4 Å². The highest BCUT2D eigenvalue weighted by atomic mass is 32.2. The quantitative estimate of drug-likeness (QED) is 0.458. The largest absolute Gasteiger partial charge is 0.465 e. The molecule has 9 heteroatoms. The van der Waals surface area contributed by atoms with Gasteiger partial charge < -0.3 is 4.74 Å². The molecule has 0 saturated heterocycles. The number of hydrogen-bond acceptors (Lipinski definition) is 6. The summed E-state index contributed by atoms with van der Waals surface area (Å²) < 4.78 is 31.1. The van der Waals surface area contributed by atoms with Crippen molar-refractivity contribution >= 4 is 27.4 Å². The molecule has 0 atom stereocenters. The van der Waals surface area contributed by atoms with Crippen LogP contribution in [0.5, 0.6) is 0 Å². The van der Waals surface area contributed by atoms with Crippen molar-refractivity contribution in [1.82, 2.24) is 0 Å². The molecule has 0 aromatic heterocycles. The molecule has 0 saturated carbocycles. The summed E-state index contributed by atoms with van der Waals surface area (Å²) in [5, 5.41) is 11.0. The predicted octanol–water partition coefficient (Wildman–Crippen LogP) is 2.51. The second-order valence-electron chi connectivity index (χ2n) is 5.22. The van der Waals surface area contributed by atoms with Crippen LogP contribution in [0.15, 0.2) is 47.4 Å². The molecule has 0 spiro atoms. The molecule has 2 rings (SSSR count). The van der Waals surface area contributed by atoms with Gasteiger partial charge in [0.25, 0.3) is 15.7 Å². The summed E-state index contributed by atoms with van der Waals surface area (Å²) in [7, 11) is -1.51. The van der Waals surface area contributed by atoms with E-state index in [1.165, 1.54) is 57.5 Å². The molecule has 0 unspecified atom stereocenters. The van der Waals surface area contributed by atoms with Gasteiger partial charge in [-0.1, -0.05) is 12.1 Å². The number of carbonyl (C=O) groups excluding carboxylic acids is 1. The van der Waals surface area contributed by atoms with Gasteiger partial charge >= 0.3 is 5.97 Å². The second kappa shape index (κ2) is 6.89. The van der Waals surface area contributed by atoms with Gasteiger partial charge in [0.05, 0.1) is 28.2 Å². The highest BCUT2D eigenvalue weighted by Gasteiger charge is 2.25. The van der Waals surface area contributed by atoms with E-state index in [1.54, 1.807) is 0 Å². The minimum absolute atomic E-state index is 0.192. The van der Waals surface area contributed by atoms with Crippen molar-refractivity contribution in [1.29, 1.82) is 0 Å². The average molecular weight is 364 g/mol. The maximum Gasteiger partial charge on any atom is 0.337 e. The first-order valence-corrected chi connectivity index (χ1v) is 8.55. The van der Waals surface area contributed by atoms with Crippen LogP contribution >= 0.6 is 0 Å². The van der Waals surface area contributed by atoms with Gasteiger partial charge in [-0.2, -0.15) is 0 Å². The molecule has 0 aliphatic rings. The number of nitrogens with zero attached hydrogens (tertiary/aromatic N) is 2.